The lowest BCUT2D eigenvalue weighted by molar-refractivity contribution is -0.372. The lowest BCUT2D eigenvalue weighted by Crippen LogP contribution is -2.51. The number of quaternary nitrogens is 1. The number of aliphatic hydroxyl groups is 1. The molecule has 0 aliphatic heterocycles. The fourth-order valence-corrected chi connectivity index (χ4v) is 1.40. The first-order chi connectivity index (χ1) is 8.20. The highest BCUT2D eigenvalue weighted by Gasteiger charge is 1.98. The summed E-state index contributed by atoms with van der Waals surface area (Å²) in [4.78, 5) is 10.7. The maximum atomic E-state index is 10.7. The van der Waals surface area contributed by atoms with E-state index in [2.05, 4.69) is 5.73 Å². The molecule has 0 saturated carbocycles. The molecule has 0 aliphatic rings. The molecule has 2 aromatic rings. The molecule has 4 N–H and O–H groups in total. The van der Waals surface area contributed by atoms with Crippen LogP contribution < -0.4 is 10.8 Å². The highest BCUT2D eigenvalue weighted by Crippen LogP contribution is 2.17. The molecule has 2 aromatic carbocycles. The van der Waals surface area contributed by atoms with Crippen molar-refractivity contribution in [2.24, 2.45) is 0 Å². The predicted molar refractivity (Wildman–Crippen MR) is 63.1 cm³/mol. The number of hydrogen-bond donors (Lipinski definition) is 2. The molecule has 0 aromatic heterocycles. The van der Waals surface area contributed by atoms with Crippen LogP contribution in [0.15, 0.2) is 42.5 Å². The van der Waals surface area contributed by atoms with Crippen LogP contribution in [0.2, 0.25) is 0 Å². The van der Waals surface area contributed by atoms with Gasteiger partial charge in [0.25, 0.3) is 0 Å². The van der Waals surface area contributed by atoms with Gasteiger partial charge in [-0.05, 0) is 10.8 Å². The Morgan fingerprint density at radius 1 is 1.18 bits per heavy atom. The van der Waals surface area contributed by atoms with Crippen LogP contribution >= 0.6 is 0 Å². The minimum absolute atomic E-state index is 0.208. The second-order valence-corrected chi connectivity index (χ2v) is 3.39. The van der Waals surface area contributed by atoms with Crippen LogP contribution in [0.3, 0.4) is 0 Å². The van der Waals surface area contributed by atoms with Crippen molar-refractivity contribution in [3.8, 4) is 0 Å². The fourth-order valence-electron chi connectivity index (χ4n) is 1.40. The second kappa shape index (κ2) is 6.62. The summed E-state index contributed by atoms with van der Waals surface area (Å²) >= 11 is 0. The Bertz CT molecular complexity index is 489. The first kappa shape index (κ1) is 13.2. The van der Waals surface area contributed by atoms with Crippen molar-refractivity contribution in [3.05, 3.63) is 48.0 Å². The molecule has 0 spiro atoms. The maximum Gasteiger partial charge on any atom is 0.0974 e. The van der Waals surface area contributed by atoms with Crippen LogP contribution in [0.4, 0.5) is 0 Å². The molecule has 0 unspecified atom stereocenters. The van der Waals surface area contributed by atoms with E-state index in [1.54, 1.807) is 18.2 Å². The van der Waals surface area contributed by atoms with Gasteiger partial charge in [-0.1, -0.05) is 42.5 Å². The summed E-state index contributed by atoms with van der Waals surface area (Å²) in [7, 11) is 0. The third-order valence-electron chi connectivity index (χ3n) is 2.17. The Kier molecular flexibility index (Phi) is 5.13. The van der Waals surface area contributed by atoms with Crippen molar-refractivity contribution in [2.45, 2.75) is 0 Å². The SMILES string of the molecule is O=C([O-])c1cccc2ccccc12.[NH3+]CCO. The highest BCUT2D eigenvalue weighted by atomic mass is 16.4. The minimum Gasteiger partial charge on any atom is -0.545 e. The summed E-state index contributed by atoms with van der Waals surface area (Å²) in [6, 6.07) is 12.5. The van der Waals surface area contributed by atoms with Crippen molar-refractivity contribution in [1.82, 2.24) is 0 Å². The topological polar surface area (TPSA) is 88.0 Å². The van der Waals surface area contributed by atoms with Crippen molar-refractivity contribution in [2.75, 3.05) is 13.2 Å². The minimum atomic E-state index is -1.13. The third-order valence-corrected chi connectivity index (χ3v) is 2.17. The number of benzene rings is 2. The third kappa shape index (κ3) is 3.55. The zero-order chi connectivity index (χ0) is 12.7. The van der Waals surface area contributed by atoms with Crippen LogP contribution in [0.5, 0.6) is 0 Å². The largest absolute Gasteiger partial charge is 0.545 e. The maximum absolute atomic E-state index is 10.7. The number of hydrogen-bond acceptors (Lipinski definition) is 3. The molecule has 17 heavy (non-hydrogen) atoms. The smallest absolute Gasteiger partial charge is 0.0974 e. The Hall–Kier alpha value is -1.91. The molecule has 90 valence electrons. The summed E-state index contributed by atoms with van der Waals surface area (Å²) in [5.41, 5.74) is 3.60. The number of carboxylic acids is 1. The van der Waals surface area contributed by atoms with Gasteiger partial charge in [0.1, 0.15) is 0 Å². The van der Waals surface area contributed by atoms with E-state index in [1.165, 1.54) is 0 Å². The monoisotopic (exact) mass is 233 g/mol. The van der Waals surface area contributed by atoms with Gasteiger partial charge in [-0.15, -0.1) is 0 Å². The van der Waals surface area contributed by atoms with Gasteiger partial charge >= 0.3 is 0 Å². The van der Waals surface area contributed by atoms with Crippen LogP contribution in [-0.4, -0.2) is 24.2 Å². The van der Waals surface area contributed by atoms with Gasteiger partial charge in [-0.25, -0.2) is 0 Å². The number of aliphatic hydroxyl groups excluding tert-OH is 1. The van der Waals surface area contributed by atoms with E-state index in [0.717, 1.165) is 10.8 Å². The number of carbonyl (C=O) groups excluding carboxylic acids is 1. The quantitative estimate of drug-likeness (QED) is 0.727. The van der Waals surface area contributed by atoms with Crippen molar-refractivity contribution in [1.29, 1.82) is 0 Å². The molecular weight excluding hydrogens is 218 g/mol. The number of carboxylic acid groups (broad SMARTS) is 1. The van der Waals surface area contributed by atoms with Crippen molar-refractivity contribution in [3.63, 3.8) is 0 Å². The average molecular weight is 233 g/mol. The molecule has 2 rings (SSSR count). The second-order valence-electron chi connectivity index (χ2n) is 3.39. The highest BCUT2D eigenvalue weighted by molar-refractivity contribution is 6.02. The lowest BCUT2D eigenvalue weighted by Gasteiger charge is -2.05. The summed E-state index contributed by atoms with van der Waals surface area (Å²) in [5, 5.41) is 20.2. The molecule has 0 radical (unpaired) electrons. The Morgan fingerprint density at radius 2 is 1.76 bits per heavy atom. The first-order valence-corrected chi connectivity index (χ1v) is 5.30. The van der Waals surface area contributed by atoms with E-state index in [-0.39, 0.29) is 12.2 Å². The molecule has 0 amide bonds. The normalized spacial score (nSPS) is 9.53. The zero-order valence-corrected chi connectivity index (χ0v) is 9.43. The molecule has 0 fully saturated rings. The van der Waals surface area contributed by atoms with E-state index < -0.39 is 5.97 Å². The van der Waals surface area contributed by atoms with Gasteiger partial charge in [0.05, 0.1) is 19.1 Å². The number of fused-ring (bicyclic) bond motifs is 1. The van der Waals surface area contributed by atoms with Gasteiger partial charge in [0, 0.05) is 5.56 Å². The van der Waals surface area contributed by atoms with E-state index in [0.29, 0.717) is 6.54 Å². The standard InChI is InChI=1S/C11H8O2.C2H7NO/c12-11(13)10-7-3-5-8-4-1-2-6-9(8)10;3-1-2-4/h1-7H,(H,12,13);4H,1-3H2. The van der Waals surface area contributed by atoms with Crippen LogP contribution in [0, 0.1) is 0 Å². The summed E-state index contributed by atoms with van der Waals surface area (Å²) in [6.45, 7) is 0.833. The van der Waals surface area contributed by atoms with Gasteiger partial charge in [-0.2, -0.15) is 0 Å². The van der Waals surface area contributed by atoms with Crippen LogP contribution in [0.1, 0.15) is 10.4 Å². The van der Waals surface area contributed by atoms with Gasteiger partial charge < -0.3 is 20.7 Å². The first-order valence-electron chi connectivity index (χ1n) is 5.30. The molecule has 0 bridgehead atoms. The number of carbonyl (C=O) groups is 1. The van der Waals surface area contributed by atoms with Gasteiger partial charge in [0.15, 0.2) is 0 Å². The molecular formula is C13H15NO3. The van der Waals surface area contributed by atoms with E-state index >= 15 is 0 Å². The van der Waals surface area contributed by atoms with Gasteiger partial charge in [0.2, 0.25) is 0 Å². The van der Waals surface area contributed by atoms with Crippen LogP contribution in [-0.2, 0) is 0 Å². The van der Waals surface area contributed by atoms with E-state index in [9.17, 15) is 9.90 Å². The Morgan fingerprint density at radius 3 is 2.35 bits per heavy atom. The van der Waals surface area contributed by atoms with Crippen molar-refractivity contribution >= 4 is 16.7 Å². The van der Waals surface area contributed by atoms with E-state index in [4.69, 9.17) is 5.11 Å². The molecule has 0 aliphatic carbocycles. The molecule has 4 heteroatoms. The summed E-state index contributed by atoms with van der Waals surface area (Å²) in [5.74, 6) is -1.13. The Balaban J connectivity index is 0.000000317. The molecule has 0 saturated heterocycles. The summed E-state index contributed by atoms with van der Waals surface area (Å²) in [6.07, 6.45) is 0. The van der Waals surface area contributed by atoms with Gasteiger partial charge in [-0.3, -0.25) is 0 Å². The van der Waals surface area contributed by atoms with Crippen molar-refractivity contribution < 1.29 is 20.7 Å². The molecule has 4 nitrogen and oxygen atoms in total. The zero-order valence-electron chi connectivity index (χ0n) is 9.43. The predicted octanol–water partition coefficient (Wildman–Crippen LogP) is -0.576. The Labute approximate surface area is 99.3 Å². The average Bonchev–Trinajstić information content (AvgIpc) is 2.38. The number of rotatable bonds is 2. The fraction of sp³-hybridized carbons (Fsp3) is 0.154. The van der Waals surface area contributed by atoms with E-state index in [1.807, 2.05) is 24.3 Å². The van der Waals surface area contributed by atoms with Crippen LogP contribution in [0.25, 0.3) is 10.8 Å². The lowest BCUT2D eigenvalue weighted by atomic mass is 10.1. The molecule has 0 atom stereocenters. The summed E-state index contributed by atoms with van der Waals surface area (Å²) < 4.78 is 0. The number of aromatic carboxylic acids is 1. The molecule has 0 heterocycles.